The molecule has 0 atom stereocenters. The highest BCUT2D eigenvalue weighted by atomic mass is 32.2. The number of carbonyl (C=O) groups is 1. The van der Waals surface area contributed by atoms with E-state index in [2.05, 4.69) is 16.1 Å². The summed E-state index contributed by atoms with van der Waals surface area (Å²) in [4.78, 5) is 12.1. The highest BCUT2D eigenvalue weighted by molar-refractivity contribution is 7.92. The number of hydrogen-bond acceptors (Lipinski definition) is 5. The molecule has 1 amide bonds. The first-order valence-electron chi connectivity index (χ1n) is 9.03. The standard InChI is InChI=1S/C22H19N3O4S/c23-15-14-17-6-8-18(9-7-17)24-22(26)16-29-20-10-12-21(13-11-20)30(27,28)25-19-4-2-1-3-5-19/h1-13,25H,14,16H2,(H,24,26). The monoisotopic (exact) mass is 421 g/mol. The van der Waals surface area contributed by atoms with Gasteiger partial charge in [-0.1, -0.05) is 30.3 Å². The van der Waals surface area contributed by atoms with E-state index in [0.29, 0.717) is 23.5 Å². The molecular weight excluding hydrogens is 402 g/mol. The summed E-state index contributed by atoms with van der Waals surface area (Å²) in [7, 11) is -3.71. The third kappa shape index (κ3) is 5.83. The topological polar surface area (TPSA) is 108 Å². The van der Waals surface area contributed by atoms with E-state index in [1.165, 1.54) is 24.3 Å². The van der Waals surface area contributed by atoms with Crippen molar-refractivity contribution in [1.29, 1.82) is 5.26 Å². The molecule has 0 aliphatic rings. The van der Waals surface area contributed by atoms with Gasteiger partial charge in [0.1, 0.15) is 5.75 Å². The Labute approximate surface area is 175 Å². The van der Waals surface area contributed by atoms with Crippen LogP contribution in [-0.2, 0) is 21.2 Å². The van der Waals surface area contributed by atoms with Crippen molar-refractivity contribution in [2.75, 3.05) is 16.6 Å². The van der Waals surface area contributed by atoms with Gasteiger partial charge in [-0.05, 0) is 54.1 Å². The molecule has 0 saturated carbocycles. The van der Waals surface area contributed by atoms with Crippen molar-refractivity contribution < 1.29 is 17.9 Å². The van der Waals surface area contributed by atoms with Crippen molar-refractivity contribution >= 4 is 27.3 Å². The molecule has 0 bridgehead atoms. The summed E-state index contributed by atoms with van der Waals surface area (Å²) in [5.41, 5.74) is 1.93. The molecule has 2 N–H and O–H groups in total. The Morgan fingerprint density at radius 1 is 0.900 bits per heavy atom. The molecule has 0 heterocycles. The molecule has 0 fully saturated rings. The fourth-order valence-electron chi connectivity index (χ4n) is 2.58. The Hall–Kier alpha value is -3.83. The quantitative estimate of drug-likeness (QED) is 0.578. The Morgan fingerprint density at radius 2 is 1.57 bits per heavy atom. The maximum Gasteiger partial charge on any atom is 0.262 e. The SMILES string of the molecule is N#CCc1ccc(NC(=O)COc2ccc(S(=O)(=O)Nc3ccccc3)cc2)cc1. The van der Waals surface area contributed by atoms with Crippen molar-refractivity contribution in [2.45, 2.75) is 11.3 Å². The number of anilines is 2. The maximum absolute atomic E-state index is 12.4. The average molecular weight is 421 g/mol. The van der Waals surface area contributed by atoms with E-state index < -0.39 is 10.0 Å². The molecule has 0 spiro atoms. The van der Waals surface area contributed by atoms with E-state index >= 15 is 0 Å². The Kier molecular flexibility index (Phi) is 6.67. The van der Waals surface area contributed by atoms with Gasteiger partial charge < -0.3 is 10.1 Å². The van der Waals surface area contributed by atoms with Crippen LogP contribution in [0.5, 0.6) is 5.75 Å². The third-order valence-electron chi connectivity index (χ3n) is 4.05. The number of para-hydroxylation sites is 1. The zero-order valence-corrected chi connectivity index (χ0v) is 16.7. The minimum Gasteiger partial charge on any atom is -0.484 e. The number of benzene rings is 3. The van der Waals surface area contributed by atoms with Crippen molar-refractivity contribution in [3.05, 3.63) is 84.4 Å². The summed E-state index contributed by atoms with van der Waals surface area (Å²) >= 11 is 0. The molecule has 0 unspecified atom stereocenters. The summed E-state index contributed by atoms with van der Waals surface area (Å²) in [6, 6.07) is 23.4. The van der Waals surface area contributed by atoms with Gasteiger partial charge in [0.05, 0.1) is 17.4 Å². The summed E-state index contributed by atoms with van der Waals surface area (Å²) in [6.45, 7) is -0.228. The average Bonchev–Trinajstić information content (AvgIpc) is 2.75. The molecule has 30 heavy (non-hydrogen) atoms. The Bertz CT molecular complexity index is 1140. The molecule has 3 aromatic rings. The number of nitriles is 1. The van der Waals surface area contributed by atoms with Gasteiger partial charge in [-0.25, -0.2) is 8.42 Å². The minimum absolute atomic E-state index is 0.0839. The predicted molar refractivity (Wildman–Crippen MR) is 114 cm³/mol. The van der Waals surface area contributed by atoms with Crippen LogP contribution in [0.4, 0.5) is 11.4 Å². The van der Waals surface area contributed by atoms with Gasteiger partial charge in [0.2, 0.25) is 0 Å². The first-order valence-corrected chi connectivity index (χ1v) is 10.5. The summed E-state index contributed by atoms with van der Waals surface area (Å²) in [5.74, 6) is 0.0126. The first kappa shape index (κ1) is 20.9. The lowest BCUT2D eigenvalue weighted by atomic mass is 10.1. The molecule has 0 aliphatic heterocycles. The second kappa shape index (κ2) is 9.58. The molecule has 0 radical (unpaired) electrons. The van der Waals surface area contributed by atoms with Crippen molar-refractivity contribution in [3.8, 4) is 11.8 Å². The van der Waals surface area contributed by atoms with Gasteiger partial charge in [0.15, 0.2) is 6.61 Å². The van der Waals surface area contributed by atoms with Gasteiger partial charge in [-0.3, -0.25) is 9.52 Å². The Balaban J connectivity index is 1.54. The zero-order chi connectivity index (χ0) is 21.4. The minimum atomic E-state index is -3.71. The number of amides is 1. The van der Waals surface area contributed by atoms with Crippen LogP contribution in [0.3, 0.4) is 0 Å². The van der Waals surface area contributed by atoms with Crippen LogP contribution in [0, 0.1) is 11.3 Å². The first-order chi connectivity index (χ1) is 14.5. The zero-order valence-electron chi connectivity index (χ0n) is 15.9. The van der Waals surface area contributed by atoms with Crippen LogP contribution >= 0.6 is 0 Å². The van der Waals surface area contributed by atoms with Crippen molar-refractivity contribution in [3.63, 3.8) is 0 Å². The summed E-state index contributed by atoms with van der Waals surface area (Å²) < 4.78 is 32.7. The second-order valence-electron chi connectivity index (χ2n) is 6.31. The van der Waals surface area contributed by atoms with Gasteiger partial charge in [0.25, 0.3) is 15.9 Å². The molecular formula is C22H19N3O4S. The van der Waals surface area contributed by atoms with Crippen LogP contribution in [-0.4, -0.2) is 20.9 Å². The van der Waals surface area contributed by atoms with Crippen LogP contribution in [0.25, 0.3) is 0 Å². The van der Waals surface area contributed by atoms with E-state index in [-0.39, 0.29) is 17.4 Å². The molecule has 3 aromatic carbocycles. The van der Waals surface area contributed by atoms with E-state index in [1.807, 2.05) is 0 Å². The number of ether oxygens (including phenoxy) is 1. The van der Waals surface area contributed by atoms with Crippen LogP contribution in [0.2, 0.25) is 0 Å². The lowest BCUT2D eigenvalue weighted by Crippen LogP contribution is -2.20. The molecule has 7 nitrogen and oxygen atoms in total. The number of sulfonamides is 1. The fraction of sp³-hybridized carbons (Fsp3) is 0.0909. The van der Waals surface area contributed by atoms with E-state index in [4.69, 9.17) is 10.00 Å². The van der Waals surface area contributed by atoms with E-state index in [1.54, 1.807) is 54.6 Å². The fourth-order valence-corrected chi connectivity index (χ4v) is 3.64. The maximum atomic E-state index is 12.4. The Morgan fingerprint density at radius 3 is 2.20 bits per heavy atom. The van der Waals surface area contributed by atoms with Crippen LogP contribution < -0.4 is 14.8 Å². The van der Waals surface area contributed by atoms with Gasteiger partial charge >= 0.3 is 0 Å². The predicted octanol–water partition coefficient (Wildman–Crippen LogP) is 3.57. The highest BCUT2D eigenvalue weighted by Crippen LogP contribution is 2.19. The summed E-state index contributed by atoms with van der Waals surface area (Å²) in [6.07, 6.45) is 0.309. The number of hydrogen-bond donors (Lipinski definition) is 2. The smallest absolute Gasteiger partial charge is 0.262 e. The van der Waals surface area contributed by atoms with Gasteiger partial charge in [-0.2, -0.15) is 5.26 Å². The number of carbonyl (C=O) groups excluding carboxylic acids is 1. The van der Waals surface area contributed by atoms with Crippen LogP contribution in [0.1, 0.15) is 5.56 Å². The molecule has 3 rings (SSSR count). The summed E-state index contributed by atoms with van der Waals surface area (Å²) in [5, 5.41) is 11.4. The molecule has 0 aliphatic carbocycles. The third-order valence-corrected chi connectivity index (χ3v) is 5.45. The van der Waals surface area contributed by atoms with Gasteiger partial charge in [-0.15, -0.1) is 0 Å². The van der Waals surface area contributed by atoms with Crippen LogP contribution in [0.15, 0.2) is 83.8 Å². The molecule has 8 heteroatoms. The highest BCUT2D eigenvalue weighted by Gasteiger charge is 2.14. The number of rotatable bonds is 8. The lowest BCUT2D eigenvalue weighted by molar-refractivity contribution is -0.118. The largest absolute Gasteiger partial charge is 0.484 e. The second-order valence-corrected chi connectivity index (χ2v) is 7.99. The molecule has 0 saturated heterocycles. The normalized spacial score (nSPS) is 10.6. The van der Waals surface area contributed by atoms with Gasteiger partial charge in [0, 0.05) is 11.4 Å². The van der Waals surface area contributed by atoms with E-state index in [0.717, 1.165) is 5.56 Å². The molecule has 0 aromatic heterocycles. The van der Waals surface area contributed by atoms with E-state index in [9.17, 15) is 13.2 Å². The lowest BCUT2D eigenvalue weighted by Gasteiger charge is -2.10. The molecule has 152 valence electrons. The number of nitrogens with zero attached hydrogens (tertiary/aromatic N) is 1. The van der Waals surface area contributed by atoms with Crippen molar-refractivity contribution in [1.82, 2.24) is 0 Å². The number of nitrogens with one attached hydrogen (secondary N) is 2. The van der Waals surface area contributed by atoms with Crippen molar-refractivity contribution in [2.24, 2.45) is 0 Å².